The number of thiophene rings is 1. The summed E-state index contributed by atoms with van der Waals surface area (Å²) in [5, 5.41) is 8.26. The molecule has 0 unspecified atom stereocenters. The van der Waals surface area contributed by atoms with Gasteiger partial charge in [-0.1, -0.05) is 133 Å². The van der Waals surface area contributed by atoms with Crippen molar-refractivity contribution >= 4 is 53.7 Å². The molecule has 7 aromatic carbocycles. The van der Waals surface area contributed by atoms with Crippen molar-refractivity contribution in [3.8, 4) is 44.6 Å². The zero-order valence-corrected chi connectivity index (χ0v) is 25.0. The van der Waals surface area contributed by atoms with Crippen LogP contribution in [0.3, 0.4) is 0 Å². The van der Waals surface area contributed by atoms with Gasteiger partial charge in [-0.25, -0.2) is 15.0 Å². The first kappa shape index (κ1) is 25.8. The molecule has 9 rings (SSSR count). The lowest BCUT2D eigenvalue weighted by molar-refractivity contribution is 1.08. The predicted molar refractivity (Wildman–Crippen MR) is 189 cm³/mol. The normalized spacial score (nSPS) is 11.6. The molecule has 2 heterocycles. The van der Waals surface area contributed by atoms with Crippen molar-refractivity contribution in [3.63, 3.8) is 0 Å². The lowest BCUT2D eigenvalue weighted by Gasteiger charge is -2.15. The maximum absolute atomic E-state index is 5.30. The van der Waals surface area contributed by atoms with Gasteiger partial charge in [0.2, 0.25) is 0 Å². The average Bonchev–Trinajstić information content (AvgIpc) is 3.55. The van der Waals surface area contributed by atoms with Crippen molar-refractivity contribution in [2.45, 2.75) is 0 Å². The fourth-order valence-corrected chi connectivity index (χ4v) is 7.50. The molecule has 0 fully saturated rings. The van der Waals surface area contributed by atoms with Crippen LogP contribution in [0.25, 0.3) is 87.0 Å². The van der Waals surface area contributed by atoms with E-state index < -0.39 is 0 Å². The molecule has 4 heteroatoms. The number of aromatic nitrogens is 3. The van der Waals surface area contributed by atoms with Gasteiger partial charge in [-0.2, -0.15) is 0 Å². The quantitative estimate of drug-likeness (QED) is 0.151. The molecule has 0 bridgehead atoms. The minimum Gasteiger partial charge on any atom is -0.208 e. The Labute approximate surface area is 264 Å². The van der Waals surface area contributed by atoms with Gasteiger partial charge in [0, 0.05) is 31.8 Å². The van der Waals surface area contributed by atoms with E-state index in [-0.39, 0.29) is 0 Å². The van der Waals surface area contributed by atoms with Crippen LogP contribution in [-0.2, 0) is 0 Å². The molecular formula is C41H25N3S. The summed E-state index contributed by atoms with van der Waals surface area (Å²) in [5.74, 6) is 1.99. The second kappa shape index (κ2) is 10.5. The monoisotopic (exact) mass is 591 g/mol. The molecule has 0 aliphatic carbocycles. The average molecular weight is 592 g/mol. The third kappa shape index (κ3) is 4.38. The Balaban J connectivity index is 1.36. The highest BCUT2D eigenvalue weighted by Crippen LogP contribution is 2.41. The zero-order valence-electron chi connectivity index (χ0n) is 24.2. The highest BCUT2D eigenvalue weighted by atomic mass is 32.1. The summed E-state index contributed by atoms with van der Waals surface area (Å²) in [6, 6.07) is 53.3. The lowest BCUT2D eigenvalue weighted by Crippen LogP contribution is -2.02. The third-order valence-electron chi connectivity index (χ3n) is 8.52. The van der Waals surface area contributed by atoms with Crippen molar-refractivity contribution in [3.05, 3.63) is 152 Å². The second-order valence-electron chi connectivity index (χ2n) is 11.2. The van der Waals surface area contributed by atoms with Crippen LogP contribution in [0.1, 0.15) is 0 Å². The highest BCUT2D eigenvalue weighted by molar-refractivity contribution is 7.22. The molecule has 0 amide bonds. The summed E-state index contributed by atoms with van der Waals surface area (Å²) in [6.45, 7) is 0. The SMILES string of the molecule is c1ccc(-c2nc(-c3ccccc3-c3cc4ccccc4s3)nc(-c3c4ccccc4cc4c3ccc3ccccc34)n2)cc1. The van der Waals surface area contributed by atoms with Gasteiger partial charge in [0.25, 0.3) is 0 Å². The van der Waals surface area contributed by atoms with E-state index in [1.165, 1.54) is 31.1 Å². The van der Waals surface area contributed by atoms with E-state index in [1.54, 1.807) is 11.3 Å². The van der Waals surface area contributed by atoms with Gasteiger partial charge in [0.05, 0.1) is 0 Å². The van der Waals surface area contributed by atoms with Crippen molar-refractivity contribution < 1.29 is 0 Å². The van der Waals surface area contributed by atoms with Crippen molar-refractivity contribution in [2.24, 2.45) is 0 Å². The first-order valence-corrected chi connectivity index (χ1v) is 15.9. The number of hydrogen-bond acceptors (Lipinski definition) is 4. The fraction of sp³-hybridized carbons (Fsp3) is 0. The molecule has 0 atom stereocenters. The third-order valence-corrected chi connectivity index (χ3v) is 9.67. The first-order valence-electron chi connectivity index (χ1n) is 15.0. The Morgan fingerprint density at radius 2 is 1.02 bits per heavy atom. The van der Waals surface area contributed by atoms with Crippen LogP contribution in [0, 0.1) is 0 Å². The number of rotatable bonds is 4. The molecule has 45 heavy (non-hydrogen) atoms. The molecule has 0 saturated carbocycles. The van der Waals surface area contributed by atoms with Crippen molar-refractivity contribution in [2.75, 3.05) is 0 Å². The highest BCUT2D eigenvalue weighted by Gasteiger charge is 2.20. The number of benzene rings is 7. The number of nitrogens with zero attached hydrogens (tertiary/aromatic N) is 3. The van der Waals surface area contributed by atoms with Crippen LogP contribution in [0.2, 0.25) is 0 Å². The molecular weight excluding hydrogens is 567 g/mol. The van der Waals surface area contributed by atoms with Crippen molar-refractivity contribution in [1.82, 2.24) is 15.0 Å². The Morgan fingerprint density at radius 3 is 1.87 bits per heavy atom. The van der Waals surface area contributed by atoms with Crippen molar-refractivity contribution in [1.29, 1.82) is 0 Å². The van der Waals surface area contributed by atoms with Crippen LogP contribution in [0.4, 0.5) is 0 Å². The fourth-order valence-electron chi connectivity index (χ4n) is 6.39. The van der Waals surface area contributed by atoms with Crippen LogP contribution in [-0.4, -0.2) is 15.0 Å². The van der Waals surface area contributed by atoms with E-state index >= 15 is 0 Å². The maximum atomic E-state index is 5.30. The summed E-state index contributed by atoms with van der Waals surface area (Å²) >= 11 is 1.79. The van der Waals surface area contributed by atoms with Crippen LogP contribution >= 0.6 is 11.3 Å². The lowest BCUT2D eigenvalue weighted by atomic mass is 9.93. The smallest absolute Gasteiger partial charge is 0.165 e. The Kier molecular flexibility index (Phi) is 6.00. The van der Waals surface area contributed by atoms with Gasteiger partial charge in [-0.05, 0) is 55.9 Å². The van der Waals surface area contributed by atoms with Crippen LogP contribution < -0.4 is 0 Å². The molecule has 0 N–H and O–H groups in total. The van der Waals surface area contributed by atoms with Gasteiger partial charge < -0.3 is 0 Å². The molecule has 2 aromatic heterocycles. The van der Waals surface area contributed by atoms with E-state index in [9.17, 15) is 0 Å². The second-order valence-corrected chi connectivity index (χ2v) is 12.3. The van der Waals surface area contributed by atoms with E-state index in [2.05, 4.69) is 133 Å². The first-order chi connectivity index (χ1) is 22.3. The summed E-state index contributed by atoms with van der Waals surface area (Å²) in [7, 11) is 0. The minimum absolute atomic E-state index is 0.656. The van der Waals surface area contributed by atoms with Crippen LogP contribution in [0.15, 0.2) is 152 Å². The molecule has 0 spiro atoms. The van der Waals surface area contributed by atoms with Gasteiger partial charge in [-0.15, -0.1) is 11.3 Å². The minimum atomic E-state index is 0.656. The molecule has 0 saturated heterocycles. The number of fused-ring (bicyclic) bond motifs is 5. The molecule has 9 aromatic rings. The zero-order chi connectivity index (χ0) is 29.7. The summed E-state index contributed by atoms with van der Waals surface area (Å²) in [6.07, 6.45) is 0. The summed E-state index contributed by atoms with van der Waals surface area (Å²) < 4.78 is 1.26. The topological polar surface area (TPSA) is 38.7 Å². The van der Waals surface area contributed by atoms with E-state index in [0.717, 1.165) is 38.4 Å². The predicted octanol–water partition coefficient (Wildman–Crippen LogP) is 11.2. The van der Waals surface area contributed by atoms with Gasteiger partial charge in [-0.3, -0.25) is 0 Å². The summed E-state index contributed by atoms with van der Waals surface area (Å²) in [4.78, 5) is 16.8. The Morgan fingerprint density at radius 1 is 0.378 bits per heavy atom. The molecule has 3 nitrogen and oxygen atoms in total. The van der Waals surface area contributed by atoms with E-state index in [4.69, 9.17) is 15.0 Å². The summed E-state index contributed by atoms with van der Waals surface area (Å²) in [5.41, 5.74) is 4.08. The maximum Gasteiger partial charge on any atom is 0.165 e. The van der Waals surface area contributed by atoms with Crippen LogP contribution in [0.5, 0.6) is 0 Å². The van der Waals surface area contributed by atoms with E-state index in [1.807, 2.05) is 18.2 Å². The van der Waals surface area contributed by atoms with E-state index in [0.29, 0.717) is 17.5 Å². The van der Waals surface area contributed by atoms with Gasteiger partial charge in [0.15, 0.2) is 17.5 Å². The molecule has 0 radical (unpaired) electrons. The Bertz CT molecular complexity index is 2520. The molecule has 210 valence electrons. The van der Waals surface area contributed by atoms with Gasteiger partial charge in [0.1, 0.15) is 0 Å². The largest absolute Gasteiger partial charge is 0.208 e. The number of hydrogen-bond donors (Lipinski definition) is 0. The molecule has 0 aliphatic rings. The molecule has 0 aliphatic heterocycles. The van der Waals surface area contributed by atoms with Gasteiger partial charge >= 0.3 is 0 Å². The standard InChI is InChI=1S/C41H25N3S/c1-2-13-27(14-3-1)39-42-40(34-20-10-9-19-32(34)37-25-29-16-6-11-21-36(29)45-37)44-41(43-39)38-31-18-8-5-15-28(31)24-35-30-17-7-4-12-26(30)22-23-33(35)38/h1-25H. The Hall–Kier alpha value is -5.71.